The molecule has 4 aromatic rings. The van der Waals surface area contributed by atoms with Crippen LogP contribution in [0.1, 0.15) is 51.5 Å². The van der Waals surface area contributed by atoms with Crippen LogP contribution in [0.4, 0.5) is 26.3 Å². The Morgan fingerprint density at radius 2 is 1.60 bits per heavy atom. The fourth-order valence-corrected chi connectivity index (χ4v) is 5.92. The number of halogens is 7. The lowest BCUT2D eigenvalue weighted by atomic mass is 9.81. The first-order valence-corrected chi connectivity index (χ1v) is 16.5. The highest BCUT2D eigenvalue weighted by molar-refractivity contribution is 9.10. The molecule has 4 aromatic carbocycles. The molecule has 1 heterocycles. The van der Waals surface area contributed by atoms with E-state index in [2.05, 4.69) is 31.3 Å². The Labute approximate surface area is 302 Å². The minimum atomic E-state index is -5.08. The van der Waals surface area contributed by atoms with Crippen molar-refractivity contribution < 1.29 is 45.7 Å². The molecule has 0 fully saturated rings. The van der Waals surface area contributed by atoms with Crippen LogP contribution in [-0.4, -0.2) is 35.7 Å². The van der Waals surface area contributed by atoms with Crippen molar-refractivity contribution in [3.05, 3.63) is 145 Å². The molecule has 0 radical (unpaired) electrons. The number of nitrogens with zero attached hydrogens (tertiary/aromatic N) is 4. The SMILES string of the molecule is [N-]=[N+]=NCc1ccccc1C[C@@]1(C(=O)NCc2cc(C(F)(F)F)cc(C(F)(F)F)c2)N=C(c2ccc(OCCCO)cc2)O[C@@H]1c1ccc(Br)cc1. The number of alkyl halides is 6. The van der Waals surface area contributed by atoms with Crippen molar-refractivity contribution in [1.29, 1.82) is 0 Å². The van der Waals surface area contributed by atoms with Gasteiger partial charge >= 0.3 is 12.4 Å². The van der Waals surface area contributed by atoms with Crippen molar-refractivity contribution in [2.45, 2.75) is 49.9 Å². The average molecular weight is 791 g/mol. The molecule has 52 heavy (non-hydrogen) atoms. The number of ether oxygens (including phenoxy) is 2. The summed E-state index contributed by atoms with van der Waals surface area (Å²) >= 11 is 3.39. The van der Waals surface area contributed by atoms with Gasteiger partial charge in [-0.1, -0.05) is 57.4 Å². The van der Waals surface area contributed by atoms with Gasteiger partial charge in [-0.3, -0.25) is 4.79 Å². The normalized spacial score (nSPS) is 17.2. The lowest BCUT2D eigenvalue weighted by Gasteiger charge is -2.31. The quantitative estimate of drug-likeness (QED) is 0.0461. The predicted molar refractivity (Wildman–Crippen MR) is 182 cm³/mol. The number of aliphatic hydroxyl groups is 1. The molecule has 0 unspecified atom stereocenters. The molecule has 0 bridgehead atoms. The Hall–Kier alpha value is -5.05. The zero-order valence-corrected chi connectivity index (χ0v) is 28.7. The molecule has 16 heteroatoms. The van der Waals surface area contributed by atoms with Gasteiger partial charge in [0.1, 0.15) is 5.75 Å². The maximum atomic E-state index is 14.6. The van der Waals surface area contributed by atoms with E-state index < -0.39 is 53.1 Å². The first-order chi connectivity index (χ1) is 24.7. The number of amides is 1. The first kappa shape index (κ1) is 38.2. The van der Waals surface area contributed by atoms with E-state index in [0.717, 1.165) is 0 Å². The highest BCUT2D eigenvalue weighted by atomic mass is 79.9. The van der Waals surface area contributed by atoms with Crippen molar-refractivity contribution >= 4 is 27.7 Å². The fourth-order valence-electron chi connectivity index (χ4n) is 5.66. The second-order valence-electron chi connectivity index (χ2n) is 11.8. The highest BCUT2D eigenvalue weighted by Crippen LogP contribution is 2.44. The number of aliphatic hydroxyl groups excluding tert-OH is 1. The maximum absolute atomic E-state index is 14.6. The number of carbonyl (C=O) groups is 1. The van der Waals surface area contributed by atoms with E-state index >= 15 is 0 Å². The third kappa shape index (κ3) is 9.05. The van der Waals surface area contributed by atoms with Gasteiger partial charge in [-0.15, -0.1) is 0 Å². The van der Waals surface area contributed by atoms with Crippen LogP contribution in [0.5, 0.6) is 5.75 Å². The Kier molecular flexibility index (Phi) is 11.8. The monoisotopic (exact) mass is 789 g/mol. The summed E-state index contributed by atoms with van der Waals surface area (Å²) in [6, 6.07) is 21.3. The smallest absolute Gasteiger partial charge is 0.416 e. The maximum Gasteiger partial charge on any atom is 0.416 e. The van der Waals surface area contributed by atoms with Gasteiger partial charge in [-0.05, 0) is 82.4 Å². The molecule has 1 amide bonds. The summed E-state index contributed by atoms with van der Waals surface area (Å²) in [5.41, 5.74) is 5.68. The summed E-state index contributed by atoms with van der Waals surface area (Å²) in [5, 5.41) is 15.3. The van der Waals surface area contributed by atoms with Crippen LogP contribution in [0.2, 0.25) is 0 Å². The topological polar surface area (TPSA) is 129 Å². The van der Waals surface area contributed by atoms with Crippen LogP contribution in [0.3, 0.4) is 0 Å². The summed E-state index contributed by atoms with van der Waals surface area (Å²) in [6.45, 7) is -0.555. The molecular formula is C36H30BrF6N5O4. The lowest BCUT2D eigenvalue weighted by molar-refractivity contribution is -0.143. The largest absolute Gasteiger partial charge is 0.494 e. The molecule has 1 aliphatic heterocycles. The number of rotatable bonds is 13. The number of nitrogens with one attached hydrogen (secondary N) is 1. The molecule has 2 atom stereocenters. The Balaban J connectivity index is 1.62. The summed E-state index contributed by atoms with van der Waals surface area (Å²) in [6.07, 6.45) is -11.1. The van der Waals surface area contributed by atoms with Gasteiger partial charge in [0, 0.05) is 40.9 Å². The van der Waals surface area contributed by atoms with Gasteiger partial charge in [0.15, 0.2) is 11.6 Å². The first-order valence-electron chi connectivity index (χ1n) is 15.7. The number of hydrogen-bond acceptors (Lipinski definition) is 6. The molecule has 1 aliphatic rings. The summed E-state index contributed by atoms with van der Waals surface area (Å²) < 4.78 is 94.6. The molecule has 5 rings (SSSR count). The van der Waals surface area contributed by atoms with Crippen LogP contribution >= 0.6 is 15.9 Å². The van der Waals surface area contributed by atoms with Crippen LogP contribution in [0, 0.1) is 0 Å². The minimum Gasteiger partial charge on any atom is -0.494 e. The molecule has 9 nitrogen and oxygen atoms in total. The summed E-state index contributed by atoms with van der Waals surface area (Å²) in [5.74, 6) is -0.310. The molecule has 0 aliphatic carbocycles. The molecule has 272 valence electrons. The Morgan fingerprint density at radius 1 is 0.962 bits per heavy atom. The van der Waals surface area contributed by atoms with Crippen molar-refractivity contribution in [2.24, 2.45) is 10.1 Å². The van der Waals surface area contributed by atoms with Crippen LogP contribution in [0.25, 0.3) is 10.4 Å². The van der Waals surface area contributed by atoms with E-state index in [4.69, 9.17) is 25.1 Å². The minimum absolute atomic E-state index is 0.0152. The number of aliphatic imine (C=N–C) groups is 1. The van der Waals surface area contributed by atoms with Gasteiger partial charge in [0.05, 0.1) is 24.3 Å². The fraction of sp³-hybridized carbons (Fsp3) is 0.278. The summed E-state index contributed by atoms with van der Waals surface area (Å²) in [4.78, 5) is 22.3. The number of benzene rings is 4. The van der Waals surface area contributed by atoms with Crippen LogP contribution < -0.4 is 10.1 Å². The molecular weight excluding hydrogens is 760 g/mol. The Bertz CT molecular complexity index is 1930. The summed E-state index contributed by atoms with van der Waals surface area (Å²) in [7, 11) is 0. The van der Waals surface area contributed by atoms with Gasteiger partial charge < -0.3 is 19.9 Å². The molecule has 0 saturated heterocycles. The van der Waals surface area contributed by atoms with Crippen molar-refractivity contribution in [2.75, 3.05) is 13.2 Å². The second kappa shape index (κ2) is 16.1. The van der Waals surface area contributed by atoms with E-state index in [0.29, 0.717) is 51.0 Å². The molecule has 0 spiro atoms. The van der Waals surface area contributed by atoms with E-state index in [1.165, 1.54) is 0 Å². The van der Waals surface area contributed by atoms with Gasteiger partial charge in [-0.2, -0.15) is 26.3 Å². The molecule has 0 saturated carbocycles. The van der Waals surface area contributed by atoms with Crippen molar-refractivity contribution in [1.82, 2.24) is 5.32 Å². The standard InChI is InChI=1S/C36H30BrF6N5O4/c37-29-10-6-23(7-11-29)31-34(19-25-4-1-2-5-26(25)21-46-48-44,47-32(52-31)24-8-12-30(13-9-24)51-15-3-14-49)33(50)45-20-22-16-27(35(38,39)40)18-28(17-22)36(41,42)43/h1-2,4-13,16-18,31,49H,3,14-15,19-21H2,(H,45,50)/t31-,34-/m1/s1. The van der Waals surface area contributed by atoms with Crippen molar-refractivity contribution in [3.8, 4) is 5.75 Å². The number of hydrogen-bond donors (Lipinski definition) is 2. The predicted octanol–water partition coefficient (Wildman–Crippen LogP) is 8.87. The van der Waals surface area contributed by atoms with Crippen LogP contribution in [-0.2, 0) is 41.4 Å². The lowest BCUT2D eigenvalue weighted by Crippen LogP contribution is -2.49. The third-order valence-electron chi connectivity index (χ3n) is 8.19. The average Bonchev–Trinajstić information content (AvgIpc) is 3.50. The molecule has 2 N–H and O–H groups in total. The number of azide groups is 1. The van der Waals surface area contributed by atoms with Gasteiger partial charge in [-0.25, -0.2) is 4.99 Å². The van der Waals surface area contributed by atoms with E-state index in [1.807, 2.05) is 0 Å². The Morgan fingerprint density at radius 3 is 2.19 bits per heavy atom. The molecule has 0 aromatic heterocycles. The number of carbonyl (C=O) groups excluding carboxylic acids is 1. The van der Waals surface area contributed by atoms with E-state index in [-0.39, 0.29) is 38.1 Å². The van der Waals surface area contributed by atoms with E-state index in [1.54, 1.807) is 72.8 Å². The zero-order valence-electron chi connectivity index (χ0n) is 27.1. The van der Waals surface area contributed by atoms with Gasteiger partial charge in [0.25, 0.3) is 5.91 Å². The van der Waals surface area contributed by atoms with Crippen molar-refractivity contribution in [3.63, 3.8) is 0 Å². The van der Waals surface area contributed by atoms with Crippen LogP contribution in [0.15, 0.2) is 106 Å². The highest BCUT2D eigenvalue weighted by Gasteiger charge is 2.53. The van der Waals surface area contributed by atoms with E-state index in [9.17, 15) is 31.1 Å². The second-order valence-corrected chi connectivity index (χ2v) is 12.7. The third-order valence-corrected chi connectivity index (χ3v) is 8.71. The zero-order chi connectivity index (χ0) is 37.5. The van der Waals surface area contributed by atoms with Gasteiger partial charge in [0.2, 0.25) is 5.90 Å².